The molecule has 76 valence electrons. The summed E-state index contributed by atoms with van der Waals surface area (Å²) in [6.45, 7) is 1.01. The first-order chi connectivity index (χ1) is 6.04. The highest BCUT2D eigenvalue weighted by atomic mass is 19.4. The Bertz CT molecular complexity index is 173. The summed E-state index contributed by atoms with van der Waals surface area (Å²) in [5, 5.41) is 0. The van der Waals surface area contributed by atoms with Crippen molar-refractivity contribution < 1.29 is 18.0 Å². The highest BCUT2D eigenvalue weighted by Crippen LogP contribution is 2.33. The van der Waals surface area contributed by atoms with Crippen LogP contribution in [-0.4, -0.2) is 37.0 Å². The minimum atomic E-state index is -4.06. The Labute approximate surface area is 74.7 Å². The number of hydrogen-bond donors (Lipinski definition) is 0. The van der Waals surface area contributed by atoms with Gasteiger partial charge in [-0.1, -0.05) is 0 Å². The van der Waals surface area contributed by atoms with Gasteiger partial charge in [0, 0.05) is 0 Å². The monoisotopic (exact) mass is 195 g/mol. The first-order valence-electron chi connectivity index (χ1n) is 4.26. The Balaban J connectivity index is 2.34. The molecule has 0 bridgehead atoms. The molecule has 5 heteroatoms. The lowest BCUT2D eigenvalue weighted by atomic mass is 9.96. The summed E-state index contributed by atoms with van der Waals surface area (Å²) >= 11 is 0. The summed E-state index contributed by atoms with van der Waals surface area (Å²) < 4.78 is 36.5. The van der Waals surface area contributed by atoms with E-state index >= 15 is 0 Å². The minimum absolute atomic E-state index is 0.122. The van der Waals surface area contributed by atoms with Crippen molar-refractivity contribution in [2.24, 2.45) is 5.92 Å². The number of aldehydes is 1. The van der Waals surface area contributed by atoms with E-state index in [4.69, 9.17) is 0 Å². The maximum Gasteiger partial charge on any atom is 0.391 e. The van der Waals surface area contributed by atoms with Crippen molar-refractivity contribution >= 4 is 6.29 Å². The molecule has 0 spiro atoms. The molecule has 0 atom stereocenters. The van der Waals surface area contributed by atoms with Gasteiger partial charge >= 0.3 is 6.18 Å². The Hall–Kier alpha value is -0.580. The molecule has 1 heterocycles. The molecule has 0 saturated carbocycles. The molecular formula is C8H12F3NO. The van der Waals surface area contributed by atoms with Gasteiger partial charge in [-0.15, -0.1) is 0 Å². The smallest absolute Gasteiger partial charge is 0.302 e. The molecule has 1 saturated heterocycles. The molecule has 0 aromatic heterocycles. The van der Waals surface area contributed by atoms with Crippen molar-refractivity contribution in [3.8, 4) is 0 Å². The van der Waals surface area contributed by atoms with E-state index in [9.17, 15) is 18.0 Å². The van der Waals surface area contributed by atoms with Crippen LogP contribution in [0.4, 0.5) is 13.2 Å². The van der Waals surface area contributed by atoms with E-state index in [1.165, 1.54) is 0 Å². The molecule has 0 radical (unpaired) electrons. The van der Waals surface area contributed by atoms with Gasteiger partial charge in [-0.2, -0.15) is 13.2 Å². The van der Waals surface area contributed by atoms with Gasteiger partial charge in [0.2, 0.25) is 0 Å². The predicted octanol–water partition coefficient (Wildman–Crippen LogP) is 1.46. The molecule has 0 amide bonds. The third-order valence-corrected chi connectivity index (χ3v) is 2.38. The van der Waals surface area contributed by atoms with Crippen LogP contribution in [0.1, 0.15) is 12.8 Å². The van der Waals surface area contributed by atoms with Crippen LogP contribution < -0.4 is 0 Å². The molecule has 1 aliphatic heterocycles. The van der Waals surface area contributed by atoms with Gasteiger partial charge < -0.3 is 4.79 Å². The van der Waals surface area contributed by atoms with Crippen LogP contribution in [0.3, 0.4) is 0 Å². The van der Waals surface area contributed by atoms with Gasteiger partial charge in [-0.25, -0.2) is 0 Å². The lowest BCUT2D eigenvalue weighted by molar-refractivity contribution is -0.184. The van der Waals surface area contributed by atoms with Crippen molar-refractivity contribution in [1.82, 2.24) is 4.90 Å². The van der Waals surface area contributed by atoms with Crippen LogP contribution in [0, 0.1) is 5.92 Å². The van der Waals surface area contributed by atoms with E-state index in [2.05, 4.69) is 0 Å². The summed E-state index contributed by atoms with van der Waals surface area (Å²) in [4.78, 5) is 11.8. The number of piperidine rings is 1. The highest BCUT2D eigenvalue weighted by Gasteiger charge is 2.40. The zero-order valence-electron chi connectivity index (χ0n) is 7.18. The zero-order chi connectivity index (χ0) is 9.90. The van der Waals surface area contributed by atoms with Gasteiger partial charge in [-0.05, 0) is 25.9 Å². The number of halogens is 3. The van der Waals surface area contributed by atoms with Gasteiger partial charge in [0.05, 0.1) is 12.5 Å². The molecule has 0 N–H and O–H groups in total. The van der Waals surface area contributed by atoms with Crippen molar-refractivity contribution in [2.75, 3.05) is 19.6 Å². The quantitative estimate of drug-likeness (QED) is 0.622. The van der Waals surface area contributed by atoms with Gasteiger partial charge in [0.25, 0.3) is 0 Å². The second kappa shape index (κ2) is 4.09. The Kier molecular flexibility index (Phi) is 3.30. The summed E-state index contributed by atoms with van der Waals surface area (Å²) in [6, 6.07) is 0. The standard InChI is InChI=1S/C8H12F3NO/c9-8(10,11)7-1-3-12(4-2-7)5-6-13/h6-7H,1-5H2. The van der Waals surface area contributed by atoms with E-state index in [0.29, 0.717) is 13.1 Å². The average molecular weight is 195 g/mol. The van der Waals surface area contributed by atoms with Crippen LogP contribution in [-0.2, 0) is 4.79 Å². The molecule has 0 aliphatic carbocycles. The number of carbonyl (C=O) groups is 1. The number of nitrogens with zero attached hydrogens (tertiary/aromatic N) is 1. The Morgan fingerprint density at radius 1 is 1.31 bits per heavy atom. The number of carbonyl (C=O) groups excluding carboxylic acids is 1. The number of likely N-dealkylation sites (tertiary alicyclic amines) is 1. The minimum Gasteiger partial charge on any atom is -0.302 e. The van der Waals surface area contributed by atoms with Crippen molar-refractivity contribution in [1.29, 1.82) is 0 Å². The maximum atomic E-state index is 12.2. The first-order valence-corrected chi connectivity index (χ1v) is 4.26. The molecule has 0 aromatic rings. The van der Waals surface area contributed by atoms with E-state index in [1.807, 2.05) is 0 Å². The van der Waals surface area contributed by atoms with E-state index < -0.39 is 12.1 Å². The van der Waals surface area contributed by atoms with Gasteiger partial charge in [-0.3, -0.25) is 4.90 Å². The van der Waals surface area contributed by atoms with Gasteiger partial charge in [0.15, 0.2) is 0 Å². The van der Waals surface area contributed by atoms with Crippen molar-refractivity contribution in [3.63, 3.8) is 0 Å². The SMILES string of the molecule is O=CCN1CCC(C(F)(F)F)CC1. The molecule has 2 nitrogen and oxygen atoms in total. The van der Waals surface area contributed by atoms with Crippen LogP contribution in [0.5, 0.6) is 0 Å². The van der Waals surface area contributed by atoms with E-state index in [0.717, 1.165) is 6.29 Å². The lowest BCUT2D eigenvalue weighted by Gasteiger charge is -2.31. The Morgan fingerprint density at radius 3 is 2.23 bits per heavy atom. The predicted molar refractivity (Wildman–Crippen MR) is 41.3 cm³/mol. The second-order valence-corrected chi connectivity index (χ2v) is 3.28. The van der Waals surface area contributed by atoms with Gasteiger partial charge in [0.1, 0.15) is 6.29 Å². The zero-order valence-corrected chi connectivity index (χ0v) is 7.18. The lowest BCUT2D eigenvalue weighted by Crippen LogP contribution is -2.39. The molecule has 1 fully saturated rings. The normalized spacial score (nSPS) is 21.8. The third-order valence-electron chi connectivity index (χ3n) is 2.38. The largest absolute Gasteiger partial charge is 0.391 e. The fourth-order valence-electron chi connectivity index (χ4n) is 1.55. The summed E-state index contributed by atoms with van der Waals surface area (Å²) in [5.74, 6) is -1.17. The first kappa shape index (κ1) is 10.5. The van der Waals surface area contributed by atoms with E-state index in [1.54, 1.807) is 4.90 Å². The Morgan fingerprint density at radius 2 is 1.85 bits per heavy atom. The molecule has 1 rings (SSSR count). The molecule has 13 heavy (non-hydrogen) atoms. The molecule has 0 unspecified atom stereocenters. The molecule has 1 aliphatic rings. The van der Waals surface area contributed by atoms with Crippen LogP contribution in [0.25, 0.3) is 0 Å². The van der Waals surface area contributed by atoms with Crippen molar-refractivity contribution in [3.05, 3.63) is 0 Å². The summed E-state index contributed by atoms with van der Waals surface area (Å²) in [6.07, 6.45) is -3.09. The van der Waals surface area contributed by atoms with Crippen LogP contribution in [0.2, 0.25) is 0 Å². The average Bonchev–Trinajstić information content (AvgIpc) is 2.04. The molecular weight excluding hydrogens is 183 g/mol. The topological polar surface area (TPSA) is 20.3 Å². The fourth-order valence-corrected chi connectivity index (χ4v) is 1.55. The highest BCUT2D eigenvalue weighted by molar-refractivity contribution is 5.51. The summed E-state index contributed by atoms with van der Waals surface area (Å²) in [5.41, 5.74) is 0. The maximum absolute atomic E-state index is 12.2. The van der Waals surface area contributed by atoms with Crippen LogP contribution in [0.15, 0.2) is 0 Å². The third kappa shape index (κ3) is 2.99. The number of rotatable bonds is 2. The van der Waals surface area contributed by atoms with Crippen LogP contribution >= 0.6 is 0 Å². The fraction of sp³-hybridized carbons (Fsp3) is 0.875. The summed E-state index contributed by atoms with van der Waals surface area (Å²) in [7, 11) is 0. The molecule has 0 aromatic carbocycles. The number of alkyl halides is 3. The van der Waals surface area contributed by atoms with Crippen molar-refractivity contribution in [2.45, 2.75) is 19.0 Å². The second-order valence-electron chi connectivity index (χ2n) is 3.28. The number of hydrogen-bond acceptors (Lipinski definition) is 2. The van der Waals surface area contributed by atoms with E-state index in [-0.39, 0.29) is 19.4 Å².